The Morgan fingerprint density at radius 3 is 2.83 bits per heavy atom. The molecule has 0 aliphatic rings. The molecule has 12 heavy (non-hydrogen) atoms. The van der Waals surface area contributed by atoms with Gasteiger partial charge in [0.2, 0.25) is 0 Å². The van der Waals surface area contributed by atoms with Crippen LogP contribution in [0.5, 0.6) is 0 Å². The van der Waals surface area contributed by atoms with Crippen molar-refractivity contribution in [3.05, 3.63) is 12.0 Å². The van der Waals surface area contributed by atoms with Gasteiger partial charge in [0.25, 0.3) is 0 Å². The fraction of sp³-hybridized carbons (Fsp3) is 0.167. The summed E-state index contributed by atoms with van der Waals surface area (Å²) in [4.78, 5) is 8.37. The third kappa shape index (κ3) is 1.70. The first-order valence-electron chi connectivity index (χ1n) is 3.09. The molecule has 6 heteroatoms. The van der Waals surface area contributed by atoms with Gasteiger partial charge in [0.15, 0.2) is 0 Å². The number of nitrogens with zero attached hydrogens (tertiary/aromatic N) is 2. The maximum absolute atomic E-state index is 7.18. The van der Waals surface area contributed by atoms with Crippen LogP contribution in [0.2, 0.25) is 0 Å². The fourth-order valence-corrected chi connectivity index (χ4v) is 1.66. The van der Waals surface area contributed by atoms with E-state index in [1.807, 2.05) is 6.26 Å². The number of hydrogen-bond acceptors (Lipinski definition) is 5. The van der Waals surface area contributed by atoms with Crippen molar-refractivity contribution < 1.29 is 0 Å². The molecule has 0 fully saturated rings. The molecule has 0 bridgehead atoms. The highest BCUT2D eigenvalue weighted by Crippen LogP contribution is 2.22. The molecule has 0 saturated carbocycles. The zero-order chi connectivity index (χ0) is 9.14. The summed E-state index contributed by atoms with van der Waals surface area (Å²) < 4.78 is 0. The van der Waals surface area contributed by atoms with E-state index in [4.69, 9.17) is 11.1 Å². The maximum Gasteiger partial charge on any atom is 0.143 e. The number of thiol groups is 1. The van der Waals surface area contributed by atoms with Gasteiger partial charge in [0, 0.05) is 0 Å². The van der Waals surface area contributed by atoms with E-state index >= 15 is 0 Å². The number of rotatable bonds is 2. The summed E-state index contributed by atoms with van der Waals surface area (Å²) in [6.07, 6.45) is 3.26. The molecule has 64 valence electrons. The summed E-state index contributed by atoms with van der Waals surface area (Å²) in [7, 11) is 0. The molecular formula is C6H8N4S2. The van der Waals surface area contributed by atoms with Gasteiger partial charge >= 0.3 is 0 Å². The van der Waals surface area contributed by atoms with E-state index in [1.54, 1.807) is 0 Å². The predicted molar refractivity (Wildman–Crippen MR) is 52.1 cm³/mol. The lowest BCUT2D eigenvalue weighted by molar-refractivity contribution is 0.949. The summed E-state index contributed by atoms with van der Waals surface area (Å²) in [5, 5.41) is 7.91. The van der Waals surface area contributed by atoms with E-state index in [1.165, 1.54) is 18.1 Å². The lowest BCUT2D eigenvalue weighted by Crippen LogP contribution is -2.14. The highest BCUT2D eigenvalue weighted by Gasteiger charge is 2.08. The molecule has 0 spiro atoms. The van der Waals surface area contributed by atoms with Crippen LogP contribution >= 0.6 is 24.4 Å². The van der Waals surface area contributed by atoms with Gasteiger partial charge in [-0.1, -0.05) is 0 Å². The topological polar surface area (TPSA) is 75.7 Å². The highest BCUT2D eigenvalue weighted by atomic mass is 32.2. The molecule has 4 nitrogen and oxygen atoms in total. The number of nitrogen functional groups attached to an aromatic ring is 1. The minimum atomic E-state index is -0.0855. The summed E-state index contributed by atoms with van der Waals surface area (Å²) in [5.41, 5.74) is 5.66. The molecule has 1 aromatic rings. The van der Waals surface area contributed by atoms with E-state index in [0.29, 0.717) is 10.6 Å². The van der Waals surface area contributed by atoms with Crippen molar-refractivity contribution in [1.82, 2.24) is 9.97 Å². The van der Waals surface area contributed by atoms with Gasteiger partial charge in [-0.2, -0.15) is 0 Å². The molecule has 0 amide bonds. The van der Waals surface area contributed by atoms with Crippen LogP contribution in [0.15, 0.2) is 16.2 Å². The third-order valence-corrected chi connectivity index (χ3v) is 2.51. The van der Waals surface area contributed by atoms with Crippen molar-refractivity contribution in [2.24, 2.45) is 5.73 Å². The summed E-state index contributed by atoms with van der Waals surface area (Å²) in [5.74, 6) is -0.0855. The van der Waals surface area contributed by atoms with Crippen molar-refractivity contribution in [3.8, 4) is 0 Å². The number of nitrogens with one attached hydrogen (secondary N) is 1. The van der Waals surface area contributed by atoms with Crippen molar-refractivity contribution in [3.63, 3.8) is 0 Å². The number of hydrogen-bond donors (Lipinski definition) is 3. The Hall–Kier alpha value is -0.750. The molecule has 0 atom stereocenters. The van der Waals surface area contributed by atoms with Crippen LogP contribution in [-0.4, -0.2) is 22.1 Å². The van der Waals surface area contributed by atoms with Crippen LogP contribution in [0.3, 0.4) is 0 Å². The van der Waals surface area contributed by atoms with Gasteiger partial charge in [-0.25, -0.2) is 9.97 Å². The SMILES string of the molecule is CSc1ncnc(C(=N)N)c1S. The smallest absolute Gasteiger partial charge is 0.143 e. The summed E-state index contributed by atoms with van der Waals surface area (Å²) in [6, 6.07) is 0. The Morgan fingerprint density at radius 2 is 2.33 bits per heavy atom. The normalized spacial score (nSPS) is 9.83. The second-order valence-corrected chi connectivity index (χ2v) is 3.24. The van der Waals surface area contributed by atoms with Crippen LogP contribution in [0.4, 0.5) is 0 Å². The molecular weight excluding hydrogens is 192 g/mol. The van der Waals surface area contributed by atoms with Crippen molar-refractivity contribution in [2.75, 3.05) is 6.26 Å². The van der Waals surface area contributed by atoms with E-state index in [9.17, 15) is 0 Å². The van der Waals surface area contributed by atoms with E-state index in [0.717, 1.165) is 5.03 Å². The second kappa shape index (κ2) is 3.77. The first kappa shape index (κ1) is 9.34. The Labute approximate surface area is 79.9 Å². The average Bonchev–Trinajstić information content (AvgIpc) is 2.04. The van der Waals surface area contributed by atoms with Gasteiger partial charge in [0.1, 0.15) is 22.9 Å². The number of nitrogens with two attached hydrogens (primary N) is 1. The van der Waals surface area contributed by atoms with Crippen molar-refractivity contribution in [2.45, 2.75) is 9.92 Å². The van der Waals surface area contributed by atoms with Crippen LogP contribution in [0.1, 0.15) is 5.69 Å². The van der Waals surface area contributed by atoms with Crippen LogP contribution in [0, 0.1) is 5.41 Å². The molecule has 1 heterocycles. The lowest BCUT2D eigenvalue weighted by Gasteiger charge is -2.03. The fourth-order valence-electron chi connectivity index (χ4n) is 0.709. The Bertz CT molecular complexity index is 312. The number of amidine groups is 1. The Morgan fingerprint density at radius 1 is 1.67 bits per heavy atom. The van der Waals surface area contributed by atoms with Crippen molar-refractivity contribution in [1.29, 1.82) is 5.41 Å². The number of aromatic nitrogens is 2. The molecule has 1 aromatic heterocycles. The minimum absolute atomic E-state index is 0.0855. The van der Waals surface area contributed by atoms with E-state index in [2.05, 4.69) is 22.6 Å². The van der Waals surface area contributed by atoms with Gasteiger partial charge in [-0.3, -0.25) is 5.41 Å². The quantitative estimate of drug-likeness (QED) is 0.217. The third-order valence-electron chi connectivity index (χ3n) is 1.24. The highest BCUT2D eigenvalue weighted by molar-refractivity contribution is 7.99. The molecule has 0 aliphatic heterocycles. The monoisotopic (exact) mass is 200 g/mol. The Kier molecular flexibility index (Phi) is 2.93. The predicted octanol–water partition coefficient (Wildman–Crippen LogP) is 0.771. The minimum Gasteiger partial charge on any atom is -0.382 e. The molecule has 0 saturated heterocycles. The molecule has 0 radical (unpaired) electrons. The first-order chi connectivity index (χ1) is 5.66. The zero-order valence-corrected chi connectivity index (χ0v) is 8.12. The first-order valence-corrected chi connectivity index (χ1v) is 4.76. The van der Waals surface area contributed by atoms with Crippen molar-refractivity contribution >= 4 is 30.2 Å². The number of thioether (sulfide) groups is 1. The molecule has 3 N–H and O–H groups in total. The second-order valence-electron chi connectivity index (χ2n) is 1.99. The van der Waals surface area contributed by atoms with Crippen LogP contribution < -0.4 is 5.73 Å². The summed E-state index contributed by atoms with van der Waals surface area (Å²) >= 11 is 5.61. The lowest BCUT2D eigenvalue weighted by atomic mass is 10.4. The van der Waals surface area contributed by atoms with Crippen LogP contribution in [0.25, 0.3) is 0 Å². The largest absolute Gasteiger partial charge is 0.382 e. The van der Waals surface area contributed by atoms with Gasteiger partial charge in [-0.05, 0) is 6.26 Å². The van der Waals surface area contributed by atoms with Gasteiger partial charge < -0.3 is 5.73 Å². The Balaban J connectivity index is 3.23. The van der Waals surface area contributed by atoms with Gasteiger partial charge in [0.05, 0.1) is 4.90 Å². The van der Waals surface area contributed by atoms with E-state index < -0.39 is 0 Å². The molecule has 0 aliphatic carbocycles. The molecule has 1 rings (SSSR count). The molecule has 0 unspecified atom stereocenters. The molecule has 0 aromatic carbocycles. The zero-order valence-electron chi connectivity index (χ0n) is 6.40. The van der Waals surface area contributed by atoms with Crippen LogP contribution in [-0.2, 0) is 0 Å². The average molecular weight is 200 g/mol. The summed E-state index contributed by atoms with van der Waals surface area (Å²) in [6.45, 7) is 0. The standard InChI is InChI=1S/C6H8N4S2/c1-12-6-4(11)3(5(7)8)9-2-10-6/h2,11H,1H3,(H3,7,8). The van der Waals surface area contributed by atoms with E-state index in [-0.39, 0.29) is 5.84 Å². The van der Waals surface area contributed by atoms with Gasteiger partial charge in [-0.15, -0.1) is 24.4 Å². The maximum atomic E-state index is 7.18.